The van der Waals surface area contributed by atoms with Gasteiger partial charge in [0.05, 0.1) is 0 Å². The number of hydrogen-bond acceptors (Lipinski definition) is 1. The Morgan fingerprint density at radius 2 is 2.13 bits per heavy atom. The molecule has 1 unspecified atom stereocenters. The minimum atomic E-state index is -0.122. The number of hydrogen-bond donors (Lipinski definition) is 1. The van der Waals surface area contributed by atoms with Gasteiger partial charge in [-0.05, 0) is 68.5 Å². The standard InChI is InChI=1S/C13H18FN/c1-10-9-12(14)4-5-13(10)11-3-2-7-15-8-6-11/h4-5,9,11,15H,2-3,6-8H2,1H3. The van der Waals surface area contributed by atoms with Crippen LogP contribution in [0.5, 0.6) is 0 Å². The molecule has 1 aromatic rings. The molecule has 0 aliphatic carbocycles. The molecular weight excluding hydrogens is 189 g/mol. The first kappa shape index (κ1) is 10.6. The molecule has 0 amide bonds. The Morgan fingerprint density at radius 3 is 2.93 bits per heavy atom. The number of aryl methyl sites for hydroxylation is 1. The zero-order valence-electron chi connectivity index (χ0n) is 9.22. The third-order valence-electron chi connectivity index (χ3n) is 3.25. The molecule has 0 aromatic heterocycles. The molecule has 2 heteroatoms. The minimum Gasteiger partial charge on any atom is -0.317 e. The third-order valence-corrected chi connectivity index (χ3v) is 3.25. The summed E-state index contributed by atoms with van der Waals surface area (Å²) in [6, 6.07) is 5.19. The molecule has 1 saturated heterocycles. The Hall–Kier alpha value is -0.890. The fraction of sp³-hybridized carbons (Fsp3) is 0.538. The van der Waals surface area contributed by atoms with Gasteiger partial charge in [0.1, 0.15) is 5.82 Å². The molecule has 1 aliphatic heterocycles. The molecule has 1 nitrogen and oxygen atoms in total. The highest BCUT2D eigenvalue weighted by Gasteiger charge is 2.15. The molecule has 2 rings (SSSR count). The molecule has 1 N–H and O–H groups in total. The van der Waals surface area contributed by atoms with Crippen molar-refractivity contribution >= 4 is 0 Å². The molecule has 82 valence electrons. The van der Waals surface area contributed by atoms with Crippen LogP contribution in [0.15, 0.2) is 18.2 Å². The largest absolute Gasteiger partial charge is 0.317 e. The number of benzene rings is 1. The van der Waals surface area contributed by atoms with Crippen molar-refractivity contribution in [3.8, 4) is 0 Å². The fourth-order valence-corrected chi connectivity index (χ4v) is 2.43. The molecule has 0 spiro atoms. The second-order valence-electron chi connectivity index (χ2n) is 4.38. The lowest BCUT2D eigenvalue weighted by Crippen LogP contribution is -2.13. The highest BCUT2D eigenvalue weighted by atomic mass is 19.1. The zero-order valence-corrected chi connectivity index (χ0v) is 9.22. The molecule has 0 radical (unpaired) electrons. The van der Waals surface area contributed by atoms with Crippen LogP contribution in [-0.4, -0.2) is 13.1 Å². The summed E-state index contributed by atoms with van der Waals surface area (Å²) in [5, 5.41) is 3.40. The van der Waals surface area contributed by atoms with E-state index in [9.17, 15) is 4.39 Å². The summed E-state index contributed by atoms with van der Waals surface area (Å²) >= 11 is 0. The Kier molecular flexibility index (Phi) is 3.37. The van der Waals surface area contributed by atoms with Crippen molar-refractivity contribution in [1.82, 2.24) is 5.32 Å². The zero-order chi connectivity index (χ0) is 10.7. The second-order valence-corrected chi connectivity index (χ2v) is 4.38. The van der Waals surface area contributed by atoms with E-state index in [0.717, 1.165) is 18.7 Å². The Balaban J connectivity index is 2.19. The van der Waals surface area contributed by atoms with E-state index in [1.807, 2.05) is 13.0 Å². The number of rotatable bonds is 1. The quantitative estimate of drug-likeness (QED) is 0.746. The van der Waals surface area contributed by atoms with E-state index in [-0.39, 0.29) is 5.82 Å². The molecule has 1 atom stereocenters. The van der Waals surface area contributed by atoms with E-state index in [2.05, 4.69) is 5.32 Å². The van der Waals surface area contributed by atoms with Gasteiger partial charge in [0.25, 0.3) is 0 Å². The van der Waals surface area contributed by atoms with Crippen LogP contribution < -0.4 is 5.32 Å². The van der Waals surface area contributed by atoms with E-state index in [0.29, 0.717) is 5.92 Å². The number of nitrogens with one attached hydrogen (secondary N) is 1. The van der Waals surface area contributed by atoms with E-state index in [4.69, 9.17) is 0 Å². The van der Waals surface area contributed by atoms with Gasteiger partial charge in [0, 0.05) is 0 Å². The molecular formula is C13H18FN. The Labute approximate surface area is 90.7 Å². The lowest BCUT2D eigenvalue weighted by atomic mass is 9.89. The van der Waals surface area contributed by atoms with Crippen LogP contribution in [0, 0.1) is 12.7 Å². The maximum atomic E-state index is 13.0. The molecule has 1 aromatic carbocycles. The van der Waals surface area contributed by atoms with Gasteiger partial charge in [-0.25, -0.2) is 4.39 Å². The van der Waals surface area contributed by atoms with Crippen molar-refractivity contribution in [3.05, 3.63) is 35.1 Å². The highest BCUT2D eigenvalue weighted by Crippen LogP contribution is 2.28. The summed E-state index contributed by atoms with van der Waals surface area (Å²) < 4.78 is 13.0. The highest BCUT2D eigenvalue weighted by molar-refractivity contribution is 5.30. The molecule has 0 bridgehead atoms. The van der Waals surface area contributed by atoms with E-state index < -0.39 is 0 Å². The third kappa shape index (κ3) is 2.57. The van der Waals surface area contributed by atoms with Crippen LogP contribution in [-0.2, 0) is 0 Å². The van der Waals surface area contributed by atoms with E-state index >= 15 is 0 Å². The maximum absolute atomic E-state index is 13.0. The fourth-order valence-electron chi connectivity index (χ4n) is 2.43. The normalized spacial score (nSPS) is 22.4. The summed E-state index contributed by atoms with van der Waals surface area (Å²) in [7, 11) is 0. The summed E-state index contributed by atoms with van der Waals surface area (Å²) in [6.45, 7) is 4.22. The van der Waals surface area contributed by atoms with Crippen LogP contribution in [0.2, 0.25) is 0 Å². The van der Waals surface area contributed by atoms with E-state index in [1.54, 1.807) is 12.1 Å². The lowest BCUT2D eigenvalue weighted by molar-refractivity contribution is 0.596. The summed E-state index contributed by atoms with van der Waals surface area (Å²) in [4.78, 5) is 0. The monoisotopic (exact) mass is 207 g/mol. The average Bonchev–Trinajstić information content (AvgIpc) is 2.46. The molecule has 1 fully saturated rings. The van der Waals surface area contributed by atoms with Crippen molar-refractivity contribution in [2.45, 2.75) is 32.1 Å². The van der Waals surface area contributed by atoms with Gasteiger partial charge in [-0.15, -0.1) is 0 Å². The first-order valence-corrected chi connectivity index (χ1v) is 5.74. The van der Waals surface area contributed by atoms with Gasteiger partial charge in [-0.2, -0.15) is 0 Å². The summed E-state index contributed by atoms with van der Waals surface area (Å²) in [6.07, 6.45) is 3.62. The predicted octanol–water partition coefficient (Wildman–Crippen LogP) is 2.99. The van der Waals surface area contributed by atoms with Gasteiger partial charge in [0.15, 0.2) is 0 Å². The SMILES string of the molecule is Cc1cc(F)ccc1C1CCCNCC1. The number of halogens is 1. The van der Waals surface area contributed by atoms with Crippen LogP contribution in [0.4, 0.5) is 4.39 Å². The first-order valence-electron chi connectivity index (χ1n) is 5.74. The van der Waals surface area contributed by atoms with Gasteiger partial charge in [0.2, 0.25) is 0 Å². The van der Waals surface area contributed by atoms with Gasteiger partial charge in [-0.3, -0.25) is 0 Å². The van der Waals surface area contributed by atoms with Crippen molar-refractivity contribution < 1.29 is 4.39 Å². The first-order chi connectivity index (χ1) is 7.27. The molecule has 15 heavy (non-hydrogen) atoms. The van der Waals surface area contributed by atoms with Crippen molar-refractivity contribution in [2.75, 3.05) is 13.1 Å². The van der Waals surface area contributed by atoms with Crippen LogP contribution >= 0.6 is 0 Å². The van der Waals surface area contributed by atoms with Crippen molar-refractivity contribution in [2.24, 2.45) is 0 Å². The van der Waals surface area contributed by atoms with Crippen molar-refractivity contribution in [1.29, 1.82) is 0 Å². The summed E-state index contributed by atoms with van der Waals surface area (Å²) in [5.41, 5.74) is 2.43. The van der Waals surface area contributed by atoms with Crippen LogP contribution in [0.1, 0.15) is 36.3 Å². The summed E-state index contributed by atoms with van der Waals surface area (Å²) in [5.74, 6) is 0.489. The smallest absolute Gasteiger partial charge is 0.123 e. The molecule has 1 heterocycles. The maximum Gasteiger partial charge on any atom is 0.123 e. The lowest BCUT2D eigenvalue weighted by Gasteiger charge is -2.16. The Bertz CT molecular complexity index is 327. The average molecular weight is 207 g/mol. The predicted molar refractivity (Wildman–Crippen MR) is 60.6 cm³/mol. The van der Waals surface area contributed by atoms with Crippen molar-refractivity contribution in [3.63, 3.8) is 0 Å². The Morgan fingerprint density at radius 1 is 1.27 bits per heavy atom. The van der Waals surface area contributed by atoms with Gasteiger partial charge >= 0.3 is 0 Å². The van der Waals surface area contributed by atoms with Crippen LogP contribution in [0.3, 0.4) is 0 Å². The van der Waals surface area contributed by atoms with Gasteiger partial charge < -0.3 is 5.32 Å². The van der Waals surface area contributed by atoms with Gasteiger partial charge in [-0.1, -0.05) is 6.07 Å². The second kappa shape index (κ2) is 4.75. The minimum absolute atomic E-state index is 0.122. The molecule has 1 aliphatic rings. The van der Waals surface area contributed by atoms with Crippen LogP contribution in [0.25, 0.3) is 0 Å². The topological polar surface area (TPSA) is 12.0 Å². The van der Waals surface area contributed by atoms with E-state index in [1.165, 1.54) is 24.8 Å². The molecule has 0 saturated carbocycles.